The molecule has 1 atom stereocenters. The molecule has 1 aliphatic carbocycles. The summed E-state index contributed by atoms with van der Waals surface area (Å²) in [6.07, 6.45) is 10.1. The lowest BCUT2D eigenvalue weighted by Gasteiger charge is -2.10. The Labute approximate surface area is 87.4 Å². The van der Waals surface area contributed by atoms with Crippen molar-refractivity contribution in [2.24, 2.45) is 5.92 Å². The van der Waals surface area contributed by atoms with E-state index in [1.807, 2.05) is 0 Å². The number of hydrogen-bond acceptors (Lipinski definition) is 2. The summed E-state index contributed by atoms with van der Waals surface area (Å²) in [6, 6.07) is 0.235. The zero-order chi connectivity index (χ0) is 10.2. The number of ether oxygens (including phenoxy) is 1. The molecule has 0 saturated heterocycles. The van der Waals surface area contributed by atoms with Crippen LogP contribution in [0.5, 0.6) is 0 Å². The molecule has 80 valence electrons. The van der Waals surface area contributed by atoms with Crippen LogP contribution >= 0.6 is 0 Å². The van der Waals surface area contributed by atoms with Gasteiger partial charge in [0.05, 0.1) is 6.04 Å². The molecule has 2 heteroatoms. The van der Waals surface area contributed by atoms with Crippen LogP contribution in [0, 0.1) is 18.3 Å². The first-order valence-corrected chi connectivity index (χ1v) is 5.64. The van der Waals surface area contributed by atoms with Crippen molar-refractivity contribution in [3.05, 3.63) is 0 Å². The average Bonchev–Trinajstić information content (AvgIpc) is 3.01. The van der Waals surface area contributed by atoms with Gasteiger partial charge < -0.3 is 10.1 Å². The lowest BCUT2D eigenvalue weighted by atomic mass is 10.2. The molecule has 0 aromatic carbocycles. The second kappa shape index (κ2) is 6.86. The van der Waals surface area contributed by atoms with Gasteiger partial charge in [-0.25, -0.2) is 0 Å². The van der Waals surface area contributed by atoms with Gasteiger partial charge in [-0.05, 0) is 38.1 Å². The highest BCUT2D eigenvalue weighted by atomic mass is 16.5. The van der Waals surface area contributed by atoms with E-state index in [0.29, 0.717) is 0 Å². The SMILES string of the molecule is C#CC(CC)NCCCOCC1CC1. The molecule has 1 unspecified atom stereocenters. The Balaban J connectivity index is 1.80. The van der Waals surface area contributed by atoms with Gasteiger partial charge >= 0.3 is 0 Å². The van der Waals surface area contributed by atoms with Gasteiger partial charge in [-0.15, -0.1) is 6.42 Å². The summed E-state index contributed by atoms with van der Waals surface area (Å²) in [6.45, 7) is 4.89. The van der Waals surface area contributed by atoms with Crippen LogP contribution < -0.4 is 5.32 Å². The van der Waals surface area contributed by atoms with Gasteiger partial charge in [0.2, 0.25) is 0 Å². The monoisotopic (exact) mass is 195 g/mol. The molecule has 0 aromatic rings. The van der Waals surface area contributed by atoms with Gasteiger partial charge in [-0.2, -0.15) is 0 Å². The Morgan fingerprint density at radius 3 is 2.93 bits per heavy atom. The maximum Gasteiger partial charge on any atom is 0.0684 e. The molecule has 1 fully saturated rings. The van der Waals surface area contributed by atoms with E-state index < -0.39 is 0 Å². The Kier molecular flexibility index (Phi) is 5.66. The van der Waals surface area contributed by atoms with Gasteiger partial charge in [0.15, 0.2) is 0 Å². The van der Waals surface area contributed by atoms with E-state index in [0.717, 1.165) is 38.5 Å². The summed E-state index contributed by atoms with van der Waals surface area (Å²) in [7, 11) is 0. The van der Waals surface area contributed by atoms with Crippen molar-refractivity contribution >= 4 is 0 Å². The summed E-state index contributed by atoms with van der Waals surface area (Å²) in [5.74, 6) is 3.59. The number of terminal acetylenes is 1. The Morgan fingerprint density at radius 2 is 2.36 bits per heavy atom. The van der Waals surface area contributed by atoms with Crippen molar-refractivity contribution in [2.45, 2.75) is 38.6 Å². The van der Waals surface area contributed by atoms with Crippen LogP contribution in [0.3, 0.4) is 0 Å². The summed E-state index contributed by atoms with van der Waals surface area (Å²) in [5, 5.41) is 3.31. The molecule has 1 aliphatic rings. The van der Waals surface area contributed by atoms with Crippen LogP contribution in [0.2, 0.25) is 0 Å². The minimum atomic E-state index is 0.235. The van der Waals surface area contributed by atoms with E-state index >= 15 is 0 Å². The highest BCUT2D eigenvalue weighted by Gasteiger charge is 2.20. The maximum absolute atomic E-state index is 5.51. The van der Waals surface area contributed by atoms with Crippen LogP contribution in [0.15, 0.2) is 0 Å². The number of hydrogen-bond donors (Lipinski definition) is 1. The van der Waals surface area contributed by atoms with E-state index in [9.17, 15) is 0 Å². The minimum absolute atomic E-state index is 0.235. The van der Waals surface area contributed by atoms with Gasteiger partial charge in [0.25, 0.3) is 0 Å². The normalized spacial score (nSPS) is 17.7. The van der Waals surface area contributed by atoms with E-state index in [-0.39, 0.29) is 6.04 Å². The first kappa shape index (κ1) is 11.6. The Morgan fingerprint density at radius 1 is 1.57 bits per heavy atom. The largest absolute Gasteiger partial charge is 0.381 e. The molecule has 1 rings (SSSR count). The van der Waals surface area contributed by atoms with Crippen LogP contribution in [0.1, 0.15) is 32.6 Å². The summed E-state index contributed by atoms with van der Waals surface area (Å²) in [5.41, 5.74) is 0. The molecule has 0 spiro atoms. The van der Waals surface area contributed by atoms with E-state index in [1.165, 1.54) is 12.8 Å². The van der Waals surface area contributed by atoms with Crippen LogP contribution in [0.25, 0.3) is 0 Å². The minimum Gasteiger partial charge on any atom is -0.381 e. The molecular formula is C12H21NO. The first-order chi connectivity index (χ1) is 6.86. The van der Waals surface area contributed by atoms with Gasteiger partial charge in [-0.3, -0.25) is 0 Å². The molecule has 0 radical (unpaired) electrons. The summed E-state index contributed by atoms with van der Waals surface area (Å²) >= 11 is 0. The maximum atomic E-state index is 5.51. The second-order valence-corrected chi connectivity index (χ2v) is 3.95. The van der Waals surface area contributed by atoms with Crippen LogP contribution in [-0.4, -0.2) is 25.8 Å². The molecule has 0 amide bonds. The first-order valence-electron chi connectivity index (χ1n) is 5.64. The molecule has 1 N–H and O–H groups in total. The van der Waals surface area contributed by atoms with Crippen LogP contribution in [-0.2, 0) is 4.74 Å². The van der Waals surface area contributed by atoms with E-state index in [1.54, 1.807) is 0 Å². The van der Waals surface area contributed by atoms with Crippen molar-refractivity contribution < 1.29 is 4.74 Å². The number of rotatable bonds is 8. The highest BCUT2D eigenvalue weighted by Crippen LogP contribution is 2.28. The Bertz CT molecular complexity index is 181. The lowest BCUT2D eigenvalue weighted by Crippen LogP contribution is -2.28. The van der Waals surface area contributed by atoms with Crippen molar-refractivity contribution in [3.8, 4) is 12.3 Å². The predicted octanol–water partition coefficient (Wildman–Crippen LogP) is 1.80. The van der Waals surface area contributed by atoms with Gasteiger partial charge in [0.1, 0.15) is 0 Å². The van der Waals surface area contributed by atoms with Crippen molar-refractivity contribution in [1.82, 2.24) is 5.32 Å². The lowest BCUT2D eigenvalue weighted by molar-refractivity contribution is 0.122. The fourth-order valence-electron chi connectivity index (χ4n) is 1.31. The standard InChI is InChI=1S/C12H21NO/c1-3-12(4-2)13-8-5-9-14-10-11-6-7-11/h1,11-13H,4-10H2,2H3. The smallest absolute Gasteiger partial charge is 0.0684 e. The van der Waals surface area contributed by atoms with Gasteiger partial charge in [0, 0.05) is 13.2 Å². The third-order valence-electron chi connectivity index (χ3n) is 2.52. The molecule has 0 aliphatic heterocycles. The van der Waals surface area contributed by atoms with Crippen molar-refractivity contribution in [3.63, 3.8) is 0 Å². The fraction of sp³-hybridized carbons (Fsp3) is 0.833. The van der Waals surface area contributed by atoms with E-state index in [2.05, 4.69) is 18.2 Å². The summed E-state index contributed by atoms with van der Waals surface area (Å²) < 4.78 is 5.51. The molecule has 0 heterocycles. The van der Waals surface area contributed by atoms with Gasteiger partial charge in [-0.1, -0.05) is 12.8 Å². The zero-order valence-electron chi connectivity index (χ0n) is 9.09. The average molecular weight is 195 g/mol. The molecule has 0 bridgehead atoms. The van der Waals surface area contributed by atoms with Crippen molar-refractivity contribution in [1.29, 1.82) is 0 Å². The fourth-order valence-corrected chi connectivity index (χ4v) is 1.31. The summed E-state index contributed by atoms with van der Waals surface area (Å²) in [4.78, 5) is 0. The molecule has 14 heavy (non-hydrogen) atoms. The number of nitrogens with one attached hydrogen (secondary N) is 1. The third-order valence-corrected chi connectivity index (χ3v) is 2.52. The van der Waals surface area contributed by atoms with Crippen molar-refractivity contribution in [2.75, 3.05) is 19.8 Å². The quantitative estimate of drug-likeness (QED) is 0.471. The molecule has 1 saturated carbocycles. The molecule has 0 aromatic heterocycles. The topological polar surface area (TPSA) is 21.3 Å². The zero-order valence-corrected chi connectivity index (χ0v) is 9.09. The van der Waals surface area contributed by atoms with E-state index in [4.69, 9.17) is 11.2 Å². The molecular weight excluding hydrogens is 174 g/mol. The third kappa shape index (κ3) is 5.26. The molecule has 2 nitrogen and oxygen atoms in total. The predicted molar refractivity (Wildman–Crippen MR) is 59.1 cm³/mol. The van der Waals surface area contributed by atoms with Crippen LogP contribution in [0.4, 0.5) is 0 Å². The highest BCUT2D eigenvalue weighted by molar-refractivity contribution is 4.97. The second-order valence-electron chi connectivity index (χ2n) is 3.95. The Hall–Kier alpha value is -0.520.